The molecule has 0 spiro atoms. The third kappa shape index (κ3) is 3.75. The molecule has 0 atom stereocenters. The fourth-order valence-electron chi connectivity index (χ4n) is 0.920. The number of nitro groups is 1. The number of pyridine rings is 1. The number of hydroxylamine groups is 1. The Bertz CT molecular complexity index is 506. The number of carboxylic acid groups (broad SMARTS) is 1. The van der Waals surface area contributed by atoms with Crippen LogP contribution in [0.2, 0.25) is 0 Å². The summed E-state index contributed by atoms with van der Waals surface area (Å²) < 4.78 is 0.213. The van der Waals surface area contributed by atoms with Gasteiger partial charge in [0.15, 0.2) is 12.8 Å². The van der Waals surface area contributed by atoms with Gasteiger partial charge in [-0.25, -0.2) is 10.3 Å². The third-order valence-corrected chi connectivity index (χ3v) is 2.27. The second-order valence-electron chi connectivity index (χ2n) is 2.89. The summed E-state index contributed by atoms with van der Waals surface area (Å²) in [4.78, 5) is 39.2. The lowest BCUT2D eigenvalue weighted by Gasteiger charge is -2.04. The zero-order valence-corrected chi connectivity index (χ0v) is 10.2. The zero-order chi connectivity index (χ0) is 13.7. The van der Waals surface area contributed by atoms with Gasteiger partial charge in [-0.05, 0) is 25.8 Å². The maximum Gasteiger partial charge on any atom is 0.364 e. The molecule has 2 N–H and O–H groups in total. The van der Waals surface area contributed by atoms with Crippen LogP contribution in [0.5, 0.6) is 0 Å². The summed E-state index contributed by atoms with van der Waals surface area (Å²) in [6.45, 7) is -0.726. The number of aromatic nitrogens is 1. The third-order valence-electron chi connectivity index (χ3n) is 1.63. The van der Waals surface area contributed by atoms with Gasteiger partial charge in [-0.2, -0.15) is 0 Å². The lowest BCUT2D eigenvalue weighted by atomic mass is 10.2. The molecule has 0 aliphatic carbocycles. The highest BCUT2D eigenvalue weighted by Crippen LogP contribution is 2.19. The number of halogens is 1. The minimum Gasteiger partial charge on any atom is -0.479 e. The lowest BCUT2D eigenvalue weighted by molar-refractivity contribution is -0.389. The van der Waals surface area contributed by atoms with E-state index in [1.165, 1.54) is 0 Å². The molecular weight excluding hydrogens is 314 g/mol. The van der Waals surface area contributed by atoms with E-state index in [2.05, 4.69) is 25.8 Å². The zero-order valence-electron chi connectivity index (χ0n) is 8.62. The van der Waals surface area contributed by atoms with Crippen molar-refractivity contribution in [2.45, 2.75) is 0 Å². The molecule has 0 aromatic carbocycles. The van der Waals surface area contributed by atoms with Gasteiger partial charge in [0.2, 0.25) is 0 Å². The highest BCUT2D eigenvalue weighted by atomic mass is 79.9. The van der Waals surface area contributed by atoms with Gasteiger partial charge in [0.25, 0.3) is 5.91 Å². The Morgan fingerprint density at radius 3 is 2.83 bits per heavy atom. The molecule has 9 nitrogen and oxygen atoms in total. The maximum absolute atomic E-state index is 11.5. The fourth-order valence-corrected chi connectivity index (χ4v) is 1.32. The maximum atomic E-state index is 11.5. The topological polar surface area (TPSA) is 132 Å². The predicted octanol–water partition coefficient (Wildman–Crippen LogP) is 0.498. The molecule has 0 saturated heterocycles. The molecule has 18 heavy (non-hydrogen) atoms. The van der Waals surface area contributed by atoms with E-state index in [9.17, 15) is 19.7 Å². The van der Waals surface area contributed by atoms with Crippen molar-refractivity contribution in [2.75, 3.05) is 6.61 Å². The molecule has 1 aromatic rings. The summed E-state index contributed by atoms with van der Waals surface area (Å²) in [6, 6.07) is 0.934. The SMILES string of the molecule is O=C(O)CONC(=O)c1cc([N+](=O)[O-])ncc1Br. The Kier molecular flexibility index (Phi) is 4.68. The average Bonchev–Trinajstić information content (AvgIpc) is 2.28. The van der Waals surface area contributed by atoms with Gasteiger partial charge in [0, 0.05) is 0 Å². The van der Waals surface area contributed by atoms with Crippen LogP contribution in [0.1, 0.15) is 10.4 Å². The minimum atomic E-state index is -1.27. The van der Waals surface area contributed by atoms with E-state index in [0.717, 1.165) is 12.3 Å². The molecule has 0 saturated carbocycles. The molecule has 0 unspecified atom stereocenters. The number of carboxylic acids is 1. The summed E-state index contributed by atoms with van der Waals surface area (Å²) in [5.74, 6) is -2.61. The first-order valence-corrected chi connectivity index (χ1v) is 5.15. The van der Waals surface area contributed by atoms with Crippen LogP contribution in [0.15, 0.2) is 16.7 Å². The van der Waals surface area contributed by atoms with Crippen LogP contribution in [0.25, 0.3) is 0 Å². The number of hydrogen-bond donors (Lipinski definition) is 2. The van der Waals surface area contributed by atoms with Crippen LogP contribution in [-0.4, -0.2) is 33.5 Å². The second-order valence-corrected chi connectivity index (χ2v) is 3.75. The Labute approximate surface area is 108 Å². The number of amides is 1. The van der Waals surface area contributed by atoms with Gasteiger partial charge in [-0.3, -0.25) is 9.63 Å². The molecule has 1 rings (SSSR count). The van der Waals surface area contributed by atoms with Crippen LogP contribution < -0.4 is 5.48 Å². The predicted molar refractivity (Wildman–Crippen MR) is 59.6 cm³/mol. The Balaban J connectivity index is 2.81. The quantitative estimate of drug-likeness (QED) is 0.596. The van der Waals surface area contributed by atoms with Crippen molar-refractivity contribution < 1.29 is 24.5 Å². The number of nitrogens with zero attached hydrogens (tertiary/aromatic N) is 2. The van der Waals surface area contributed by atoms with Crippen molar-refractivity contribution in [3.8, 4) is 0 Å². The molecule has 0 radical (unpaired) electrons. The number of rotatable bonds is 5. The van der Waals surface area contributed by atoms with E-state index >= 15 is 0 Å². The smallest absolute Gasteiger partial charge is 0.364 e. The number of nitrogens with one attached hydrogen (secondary N) is 1. The van der Waals surface area contributed by atoms with Crippen LogP contribution in [0, 0.1) is 10.1 Å². The highest BCUT2D eigenvalue weighted by molar-refractivity contribution is 9.10. The largest absolute Gasteiger partial charge is 0.479 e. The normalized spacial score (nSPS) is 9.83. The van der Waals surface area contributed by atoms with Crippen molar-refractivity contribution in [1.82, 2.24) is 10.5 Å². The Morgan fingerprint density at radius 1 is 1.61 bits per heavy atom. The molecule has 1 aromatic heterocycles. The molecular formula is C8H6BrN3O6. The Hall–Kier alpha value is -2.07. The molecule has 10 heteroatoms. The van der Waals surface area contributed by atoms with Crippen molar-refractivity contribution >= 4 is 33.6 Å². The van der Waals surface area contributed by atoms with Gasteiger partial charge >= 0.3 is 11.8 Å². The summed E-state index contributed by atoms with van der Waals surface area (Å²) in [5.41, 5.74) is 1.74. The fraction of sp³-hybridized carbons (Fsp3) is 0.125. The summed E-state index contributed by atoms with van der Waals surface area (Å²) in [7, 11) is 0. The highest BCUT2D eigenvalue weighted by Gasteiger charge is 2.17. The molecule has 0 aliphatic rings. The van der Waals surface area contributed by atoms with Crippen LogP contribution in [0.4, 0.5) is 5.82 Å². The standard InChI is InChI=1S/C8H6BrN3O6/c9-5-2-10-6(12(16)17)1-4(5)8(15)11-18-3-7(13)14/h1-2H,3H2,(H,11,15)(H,13,14). The summed E-state index contributed by atoms with van der Waals surface area (Å²) >= 11 is 2.98. The van der Waals surface area contributed by atoms with Crippen LogP contribution in [-0.2, 0) is 9.63 Å². The van der Waals surface area contributed by atoms with E-state index in [1.54, 1.807) is 0 Å². The number of aliphatic carboxylic acids is 1. The van der Waals surface area contributed by atoms with E-state index in [0.29, 0.717) is 0 Å². The molecule has 1 amide bonds. The van der Waals surface area contributed by atoms with E-state index in [1.807, 2.05) is 5.48 Å². The monoisotopic (exact) mass is 319 g/mol. The van der Waals surface area contributed by atoms with Crippen molar-refractivity contribution in [3.05, 3.63) is 32.4 Å². The number of carbonyl (C=O) groups is 2. The van der Waals surface area contributed by atoms with E-state index < -0.39 is 29.2 Å². The first-order chi connectivity index (χ1) is 8.41. The summed E-state index contributed by atoms with van der Waals surface area (Å²) in [6.07, 6.45) is 1.09. The summed E-state index contributed by atoms with van der Waals surface area (Å²) in [5, 5.41) is 18.8. The van der Waals surface area contributed by atoms with Gasteiger partial charge in [-0.1, -0.05) is 0 Å². The lowest BCUT2D eigenvalue weighted by Crippen LogP contribution is -2.27. The first-order valence-electron chi connectivity index (χ1n) is 4.35. The molecule has 0 bridgehead atoms. The number of carbonyl (C=O) groups excluding carboxylic acids is 1. The van der Waals surface area contributed by atoms with Gasteiger partial charge in [-0.15, -0.1) is 0 Å². The first kappa shape index (κ1) is 14.0. The van der Waals surface area contributed by atoms with Gasteiger partial charge < -0.3 is 15.2 Å². The van der Waals surface area contributed by atoms with Gasteiger partial charge in [0.1, 0.15) is 0 Å². The van der Waals surface area contributed by atoms with E-state index in [-0.39, 0.29) is 10.0 Å². The van der Waals surface area contributed by atoms with Crippen molar-refractivity contribution in [2.24, 2.45) is 0 Å². The minimum absolute atomic E-state index is 0.0953. The van der Waals surface area contributed by atoms with Crippen LogP contribution >= 0.6 is 15.9 Å². The number of hydrogen-bond acceptors (Lipinski definition) is 6. The van der Waals surface area contributed by atoms with Crippen molar-refractivity contribution in [1.29, 1.82) is 0 Å². The molecule has 0 fully saturated rings. The van der Waals surface area contributed by atoms with E-state index in [4.69, 9.17) is 5.11 Å². The molecule has 1 heterocycles. The molecule has 96 valence electrons. The second kappa shape index (κ2) is 6.02. The average molecular weight is 320 g/mol. The van der Waals surface area contributed by atoms with Crippen LogP contribution in [0.3, 0.4) is 0 Å². The van der Waals surface area contributed by atoms with Crippen molar-refractivity contribution in [3.63, 3.8) is 0 Å². The molecule has 0 aliphatic heterocycles. The van der Waals surface area contributed by atoms with Gasteiger partial charge in [0.05, 0.1) is 16.1 Å². The Morgan fingerprint density at radius 2 is 2.28 bits per heavy atom.